The molecule has 7 rings (SSSR count). The summed E-state index contributed by atoms with van der Waals surface area (Å²) in [6, 6.07) is 1.97. The van der Waals surface area contributed by atoms with E-state index in [-0.39, 0.29) is 0 Å². The molecule has 6 aliphatic carbocycles. The summed E-state index contributed by atoms with van der Waals surface area (Å²) in [6.07, 6.45) is 0. The Morgan fingerprint density at radius 2 is 1.79 bits per heavy atom. The first-order chi connectivity index (χ1) is 6.87. The van der Waals surface area contributed by atoms with Crippen molar-refractivity contribution >= 4 is 5.88 Å². The van der Waals surface area contributed by atoms with Crippen LogP contribution in [-0.4, -0.2) is 5.16 Å². The van der Waals surface area contributed by atoms with Crippen molar-refractivity contribution in [3.63, 3.8) is 0 Å². The van der Waals surface area contributed by atoms with Gasteiger partial charge in [-0.05, 0) is 41.4 Å². The van der Waals surface area contributed by atoms with Gasteiger partial charge in [-0.15, -0.1) is 0 Å². The third-order valence-corrected chi connectivity index (χ3v) is 6.45. The Hall–Kier alpha value is -0.990. The first kappa shape index (κ1) is 5.79. The van der Waals surface area contributed by atoms with E-state index in [4.69, 9.17) is 10.3 Å². The van der Waals surface area contributed by atoms with E-state index in [0.29, 0.717) is 11.3 Å². The molecule has 0 aliphatic heterocycles. The van der Waals surface area contributed by atoms with Crippen LogP contribution in [-0.2, 0) is 5.41 Å². The zero-order valence-electron chi connectivity index (χ0n) is 7.55. The van der Waals surface area contributed by atoms with E-state index >= 15 is 0 Å². The number of anilines is 1. The van der Waals surface area contributed by atoms with E-state index in [1.165, 1.54) is 11.6 Å². The van der Waals surface area contributed by atoms with Gasteiger partial charge in [0.1, 0.15) is 0 Å². The van der Waals surface area contributed by atoms with E-state index in [1.807, 2.05) is 6.07 Å². The molecule has 14 heavy (non-hydrogen) atoms. The lowest BCUT2D eigenvalue weighted by Gasteiger charge is -3.07. The molecular weight excluding hydrogens is 176 g/mol. The van der Waals surface area contributed by atoms with E-state index in [9.17, 15) is 0 Å². The highest BCUT2D eigenvalue weighted by Gasteiger charge is 3.05. The van der Waals surface area contributed by atoms with Gasteiger partial charge in [0, 0.05) is 11.5 Å². The SMILES string of the molecule is Nc1cc(C23C4C5C6C4C2C6C53)no1. The van der Waals surface area contributed by atoms with Crippen molar-refractivity contribution in [2.45, 2.75) is 5.41 Å². The van der Waals surface area contributed by atoms with Crippen LogP contribution in [0.5, 0.6) is 0 Å². The lowest BCUT2D eigenvalue weighted by molar-refractivity contribution is -0.582. The smallest absolute Gasteiger partial charge is 0.222 e. The molecule has 0 atom stereocenters. The Morgan fingerprint density at radius 3 is 2.29 bits per heavy atom. The molecule has 6 fully saturated rings. The van der Waals surface area contributed by atoms with Gasteiger partial charge < -0.3 is 10.3 Å². The van der Waals surface area contributed by atoms with E-state index in [0.717, 1.165) is 35.5 Å². The molecule has 70 valence electrons. The highest BCUT2D eigenvalue weighted by Crippen LogP contribution is 3.05. The lowest BCUT2D eigenvalue weighted by Crippen LogP contribution is -3.07. The summed E-state index contributed by atoms with van der Waals surface area (Å²) < 4.78 is 5.02. The molecule has 0 spiro atoms. The molecule has 1 heterocycles. The summed E-state index contributed by atoms with van der Waals surface area (Å²) in [4.78, 5) is 0. The zero-order chi connectivity index (χ0) is 8.82. The van der Waals surface area contributed by atoms with E-state index in [2.05, 4.69) is 5.16 Å². The lowest BCUT2D eigenvalue weighted by atomic mass is 8.96. The summed E-state index contributed by atoms with van der Waals surface area (Å²) >= 11 is 0. The standard InChI is InChI=1S/C11H10N2O/c12-3-1-2(13-14-3)11-8-5-4-6(8)10(11)7(4)9(5)11/h1,4-10H,12H2. The fourth-order valence-electron chi connectivity index (χ4n) is 6.44. The van der Waals surface area contributed by atoms with Crippen LogP contribution in [0.15, 0.2) is 10.6 Å². The first-order valence-electron chi connectivity index (χ1n) is 5.59. The van der Waals surface area contributed by atoms with E-state index in [1.54, 1.807) is 0 Å². The number of hydrogen-bond acceptors (Lipinski definition) is 3. The van der Waals surface area contributed by atoms with Gasteiger partial charge in [-0.2, -0.15) is 0 Å². The highest BCUT2D eigenvalue weighted by atomic mass is 16.5. The van der Waals surface area contributed by atoms with Crippen molar-refractivity contribution in [3.8, 4) is 0 Å². The highest BCUT2D eigenvalue weighted by molar-refractivity contribution is 5.58. The molecule has 0 bridgehead atoms. The van der Waals surface area contributed by atoms with Crippen LogP contribution >= 0.6 is 0 Å². The monoisotopic (exact) mass is 186 g/mol. The van der Waals surface area contributed by atoms with Crippen molar-refractivity contribution in [2.24, 2.45) is 41.4 Å². The van der Waals surface area contributed by atoms with Crippen LogP contribution in [0.1, 0.15) is 5.69 Å². The van der Waals surface area contributed by atoms with Crippen molar-refractivity contribution in [2.75, 3.05) is 5.73 Å². The Bertz CT molecular complexity index is 454. The molecule has 1 aromatic heterocycles. The van der Waals surface area contributed by atoms with Crippen LogP contribution in [0.3, 0.4) is 0 Å². The predicted octanol–water partition coefficient (Wildman–Crippen LogP) is 0.876. The van der Waals surface area contributed by atoms with Gasteiger partial charge in [0.2, 0.25) is 5.88 Å². The minimum Gasteiger partial charge on any atom is -0.368 e. The number of rotatable bonds is 1. The summed E-state index contributed by atoms with van der Waals surface area (Å²) in [5.74, 6) is 7.97. The molecule has 0 amide bonds. The van der Waals surface area contributed by atoms with Crippen molar-refractivity contribution in [1.82, 2.24) is 5.16 Å². The van der Waals surface area contributed by atoms with Crippen molar-refractivity contribution in [1.29, 1.82) is 0 Å². The minimum absolute atomic E-state index is 0.494. The Balaban J connectivity index is 1.60. The minimum atomic E-state index is 0.494. The average molecular weight is 186 g/mol. The fraction of sp³-hybridized carbons (Fsp3) is 0.727. The quantitative estimate of drug-likeness (QED) is 0.708. The maximum absolute atomic E-state index is 5.61. The largest absolute Gasteiger partial charge is 0.368 e. The van der Waals surface area contributed by atoms with Crippen LogP contribution in [0.25, 0.3) is 0 Å². The third kappa shape index (κ3) is 0.239. The molecule has 3 heteroatoms. The van der Waals surface area contributed by atoms with Crippen molar-refractivity contribution in [3.05, 3.63) is 11.8 Å². The number of aromatic nitrogens is 1. The number of nitrogens with zero attached hydrogens (tertiary/aromatic N) is 1. The fourth-order valence-corrected chi connectivity index (χ4v) is 6.44. The average Bonchev–Trinajstić information content (AvgIpc) is 2.65. The first-order valence-corrected chi connectivity index (χ1v) is 5.59. The molecule has 6 aliphatic rings. The van der Waals surface area contributed by atoms with E-state index < -0.39 is 0 Å². The summed E-state index contributed by atoms with van der Waals surface area (Å²) in [7, 11) is 0. The van der Waals surface area contributed by atoms with Gasteiger partial charge in [-0.25, -0.2) is 0 Å². The van der Waals surface area contributed by atoms with Gasteiger partial charge >= 0.3 is 0 Å². The second-order valence-corrected chi connectivity index (χ2v) is 5.93. The molecular formula is C11H10N2O. The van der Waals surface area contributed by atoms with Gasteiger partial charge in [0.05, 0.1) is 5.69 Å². The summed E-state index contributed by atoms with van der Waals surface area (Å²) in [5.41, 5.74) is 7.29. The maximum Gasteiger partial charge on any atom is 0.222 e. The number of nitrogens with two attached hydrogens (primary N) is 1. The molecule has 0 radical (unpaired) electrons. The molecule has 0 unspecified atom stereocenters. The molecule has 0 saturated heterocycles. The maximum atomic E-state index is 5.61. The zero-order valence-corrected chi connectivity index (χ0v) is 7.55. The Labute approximate surface area is 80.6 Å². The molecule has 2 N–H and O–H groups in total. The van der Waals surface area contributed by atoms with Gasteiger partial charge in [0.15, 0.2) is 0 Å². The van der Waals surface area contributed by atoms with Gasteiger partial charge in [-0.1, -0.05) is 5.16 Å². The molecule has 6 saturated carbocycles. The normalized spacial score (nSPS) is 72.1. The molecule has 3 nitrogen and oxygen atoms in total. The second kappa shape index (κ2) is 1.19. The molecule has 0 aromatic carbocycles. The summed E-state index contributed by atoms with van der Waals surface area (Å²) in [5, 5.41) is 4.16. The van der Waals surface area contributed by atoms with Crippen LogP contribution in [0.2, 0.25) is 0 Å². The third-order valence-electron chi connectivity index (χ3n) is 6.45. The van der Waals surface area contributed by atoms with Crippen LogP contribution < -0.4 is 5.73 Å². The number of nitrogen functional groups attached to an aromatic ring is 1. The second-order valence-electron chi connectivity index (χ2n) is 5.93. The van der Waals surface area contributed by atoms with Crippen molar-refractivity contribution < 1.29 is 4.52 Å². The van der Waals surface area contributed by atoms with Gasteiger partial charge in [0.25, 0.3) is 0 Å². The summed E-state index contributed by atoms with van der Waals surface area (Å²) in [6.45, 7) is 0. The van der Waals surface area contributed by atoms with Crippen LogP contribution in [0.4, 0.5) is 5.88 Å². The Morgan fingerprint density at radius 1 is 1.14 bits per heavy atom. The number of hydrogen-bond donors (Lipinski definition) is 1. The Kier molecular flexibility index (Phi) is 0.491. The predicted molar refractivity (Wildman–Crippen MR) is 47.0 cm³/mol. The molecule has 1 aromatic rings. The topological polar surface area (TPSA) is 52.0 Å². The van der Waals surface area contributed by atoms with Crippen LogP contribution in [0, 0.1) is 41.4 Å². The van der Waals surface area contributed by atoms with Gasteiger partial charge in [-0.3, -0.25) is 0 Å².